The molecule has 13 heavy (non-hydrogen) atoms. The molecule has 0 radical (unpaired) electrons. The Morgan fingerprint density at radius 1 is 1.08 bits per heavy atom. The molecule has 0 unspecified atom stereocenters. The lowest BCUT2D eigenvalue weighted by molar-refractivity contribution is 0.0951. The Bertz CT molecular complexity index is 305. The van der Waals surface area contributed by atoms with Crippen molar-refractivity contribution in [1.82, 2.24) is 0 Å². The normalized spacial score (nSPS) is 13.0. The van der Waals surface area contributed by atoms with E-state index in [4.69, 9.17) is 5.11 Å². The summed E-state index contributed by atoms with van der Waals surface area (Å²) in [5, 5.41) is 18.3. The lowest BCUT2D eigenvalue weighted by atomic mass is 9.97. The number of aliphatic hydroxyl groups is 2. The molecule has 0 amide bonds. The molecule has 0 aromatic heterocycles. The van der Waals surface area contributed by atoms with Crippen LogP contribution in [0.25, 0.3) is 0 Å². The van der Waals surface area contributed by atoms with E-state index in [9.17, 15) is 5.11 Å². The molecule has 0 aliphatic rings. The van der Waals surface area contributed by atoms with E-state index in [1.807, 2.05) is 32.9 Å². The highest BCUT2D eigenvalue weighted by Crippen LogP contribution is 2.21. The quantitative estimate of drug-likeness (QED) is 0.726. The summed E-state index contributed by atoms with van der Waals surface area (Å²) in [6.45, 7) is 5.77. The van der Waals surface area contributed by atoms with Gasteiger partial charge in [0.2, 0.25) is 0 Å². The van der Waals surface area contributed by atoms with Crippen LogP contribution in [-0.2, 0) is 0 Å². The minimum absolute atomic E-state index is 0.219. The van der Waals surface area contributed by atoms with Crippen LogP contribution in [0.3, 0.4) is 0 Å². The lowest BCUT2D eigenvalue weighted by Gasteiger charge is -2.13. The zero-order valence-electron chi connectivity index (χ0n) is 8.33. The van der Waals surface area contributed by atoms with E-state index in [0.29, 0.717) is 0 Å². The van der Waals surface area contributed by atoms with Crippen molar-refractivity contribution in [2.75, 3.05) is 6.61 Å². The SMILES string of the molecule is Cc1cc(C)c([C@H](O)CO)cc1C. The maximum Gasteiger partial charge on any atom is 0.102 e. The number of benzene rings is 1. The highest BCUT2D eigenvalue weighted by atomic mass is 16.3. The minimum atomic E-state index is -0.751. The van der Waals surface area contributed by atoms with Crippen molar-refractivity contribution in [2.24, 2.45) is 0 Å². The van der Waals surface area contributed by atoms with Crippen LogP contribution in [-0.4, -0.2) is 16.8 Å². The molecule has 72 valence electrons. The number of aliphatic hydroxyl groups excluding tert-OH is 2. The molecule has 2 nitrogen and oxygen atoms in total. The molecular weight excluding hydrogens is 164 g/mol. The van der Waals surface area contributed by atoms with Gasteiger partial charge in [0.15, 0.2) is 0 Å². The average molecular weight is 180 g/mol. The van der Waals surface area contributed by atoms with E-state index in [0.717, 1.165) is 16.7 Å². The molecule has 1 aromatic rings. The maximum absolute atomic E-state index is 9.48. The molecule has 1 atom stereocenters. The van der Waals surface area contributed by atoms with Gasteiger partial charge in [-0.1, -0.05) is 12.1 Å². The van der Waals surface area contributed by atoms with Gasteiger partial charge in [-0.15, -0.1) is 0 Å². The van der Waals surface area contributed by atoms with E-state index in [1.54, 1.807) is 0 Å². The molecule has 1 aromatic carbocycles. The van der Waals surface area contributed by atoms with Gasteiger partial charge in [0, 0.05) is 0 Å². The highest BCUT2D eigenvalue weighted by molar-refractivity contribution is 5.37. The van der Waals surface area contributed by atoms with Crippen LogP contribution < -0.4 is 0 Å². The fraction of sp³-hybridized carbons (Fsp3) is 0.455. The zero-order chi connectivity index (χ0) is 10.0. The van der Waals surface area contributed by atoms with Crippen molar-refractivity contribution in [3.05, 3.63) is 34.4 Å². The molecule has 0 fully saturated rings. The second kappa shape index (κ2) is 3.90. The summed E-state index contributed by atoms with van der Waals surface area (Å²) < 4.78 is 0. The first-order valence-electron chi connectivity index (χ1n) is 4.43. The van der Waals surface area contributed by atoms with Gasteiger partial charge in [-0.3, -0.25) is 0 Å². The van der Waals surface area contributed by atoms with Gasteiger partial charge in [-0.2, -0.15) is 0 Å². The summed E-state index contributed by atoms with van der Waals surface area (Å²) in [5.74, 6) is 0. The van der Waals surface area contributed by atoms with Gasteiger partial charge in [0.05, 0.1) is 6.61 Å². The average Bonchev–Trinajstić information content (AvgIpc) is 2.10. The minimum Gasteiger partial charge on any atom is -0.393 e. The molecule has 2 heteroatoms. The topological polar surface area (TPSA) is 40.5 Å². The molecule has 2 N–H and O–H groups in total. The Morgan fingerprint density at radius 2 is 1.62 bits per heavy atom. The first-order chi connectivity index (χ1) is 6.06. The van der Waals surface area contributed by atoms with Crippen LogP contribution in [0.4, 0.5) is 0 Å². The number of rotatable bonds is 2. The zero-order valence-corrected chi connectivity index (χ0v) is 8.33. The van der Waals surface area contributed by atoms with E-state index in [-0.39, 0.29) is 6.61 Å². The van der Waals surface area contributed by atoms with E-state index < -0.39 is 6.10 Å². The van der Waals surface area contributed by atoms with Crippen LogP contribution in [0.1, 0.15) is 28.4 Å². The standard InChI is InChI=1S/C11H16O2/c1-7-4-9(3)10(5-8(7)2)11(13)6-12/h4-5,11-13H,6H2,1-3H3/t11-/m1/s1. The van der Waals surface area contributed by atoms with Gasteiger partial charge >= 0.3 is 0 Å². The summed E-state index contributed by atoms with van der Waals surface area (Å²) in [7, 11) is 0. The van der Waals surface area contributed by atoms with Crippen LogP contribution >= 0.6 is 0 Å². The molecule has 0 saturated carbocycles. The summed E-state index contributed by atoms with van der Waals surface area (Å²) in [6, 6.07) is 3.97. The van der Waals surface area contributed by atoms with Crippen LogP contribution in [0.15, 0.2) is 12.1 Å². The molecule has 0 spiro atoms. The summed E-state index contributed by atoms with van der Waals surface area (Å²) in [4.78, 5) is 0. The second-order valence-electron chi connectivity index (χ2n) is 3.49. The van der Waals surface area contributed by atoms with Crippen molar-refractivity contribution >= 4 is 0 Å². The molecular formula is C11H16O2. The predicted molar refractivity (Wildman–Crippen MR) is 52.7 cm³/mol. The Balaban J connectivity index is 3.15. The first kappa shape index (κ1) is 10.2. The van der Waals surface area contributed by atoms with Crippen molar-refractivity contribution in [3.8, 4) is 0 Å². The van der Waals surface area contributed by atoms with Crippen molar-refractivity contribution in [2.45, 2.75) is 26.9 Å². The van der Waals surface area contributed by atoms with Crippen LogP contribution in [0.2, 0.25) is 0 Å². The highest BCUT2D eigenvalue weighted by Gasteiger charge is 2.09. The summed E-state index contributed by atoms with van der Waals surface area (Å²) in [6.07, 6.45) is -0.751. The predicted octanol–water partition coefficient (Wildman–Crippen LogP) is 1.64. The number of aryl methyl sites for hydroxylation is 3. The molecule has 0 bridgehead atoms. The smallest absolute Gasteiger partial charge is 0.102 e. The van der Waals surface area contributed by atoms with Gasteiger partial charge in [-0.05, 0) is 43.0 Å². The third kappa shape index (κ3) is 2.08. The van der Waals surface area contributed by atoms with E-state index in [1.165, 1.54) is 5.56 Å². The van der Waals surface area contributed by atoms with Crippen molar-refractivity contribution in [3.63, 3.8) is 0 Å². The van der Waals surface area contributed by atoms with E-state index in [2.05, 4.69) is 0 Å². The Kier molecular flexibility index (Phi) is 3.07. The fourth-order valence-electron chi connectivity index (χ4n) is 1.44. The third-order valence-electron chi connectivity index (χ3n) is 2.41. The Hall–Kier alpha value is -0.860. The Labute approximate surface area is 78.8 Å². The molecule has 0 heterocycles. The summed E-state index contributed by atoms with van der Waals surface area (Å²) in [5.41, 5.74) is 4.22. The van der Waals surface area contributed by atoms with Gasteiger partial charge < -0.3 is 10.2 Å². The fourth-order valence-corrected chi connectivity index (χ4v) is 1.44. The summed E-state index contributed by atoms with van der Waals surface area (Å²) >= 11 is 0. The largest absolute Gasteiger partial charge is 0.393 e. The lowest BCUT2D eigenvalue weighted by Crippen LogP contribution is -2.05. The third-order valence-corrected chi connectivity index (χ3v) is 2.41. The van der Waals surface area contributed by atoms with Crippen LogP contribution in [0, 0.1) is 20.8 Å². The number of hydrogen-bond donors (Lipinski definition) is 2. The van der Waals surface area contributed by atoms with Crippen molar-refractivity contribution in [1.29, 1.82) is 0 Å². The molecule has 0 aliphatic heterocycles. The molecule has 0 aliphatic carbocycles. The monoisotopic (exact) mass is 180 g/mol. The molecule has 1 rings (SSSR count). The van der Waals surface area contributed by atoms with Gasteiger partial charge in [0.1, 0.15) is 6.10 Å². The van der Waals surface area contributed by atoms with E-state index >= 15 is 0 Å². The Morgan fingerprint density at radius 3 is 2.15 bits per heavy atom. The van der Waals surface area contributed by atoms with Gasteiger partial charge in [-0.25, -0.2) is 0 Å². The van der Waals surface area contributed by atoms with Crippen molar-refractivity contribution < 1.29 is 10.2 Å². The van der Waals surface area contributed by atoms with Crippen LogP contribution in [0.5, 0.6) is 0 Å². The first-order valence-corrected chi connectivity index (χ1v) is 4.43. The maximum atomic E-state index is 9.48. The van der Waals surface area contributed by atoms with Gasteiger partial charge in [0.25, 0.3) is 0 Å². The second-order valence-corrected chi connectivity index (χ2v) is 3.49. The molecule has 0 saturated heterocycles. The number of hydrogen-bond acceptors (Lipinski definition) is 2.